The van der Waals surface area contributed by atoms with E-state index in [1.54, 1.807) is 18.2 Å². The number of amides is 1. The van der Waals surface area contributed by atoms with Crippen molar-refractivity contribution in [1.82, 2.24) is 9.88 Å². The van der Waals surface area contributed by atoms with Crippen molar-refractivity contribution in [3.8, 4) is 5.75 Å². The van der Waals surface area contributed by atoms with Gasteiger partial charge in [0, 0.05) is 19.1 Å². The number of nitrogens with one attached hydrogen (secondary N) is 1. The molecule has 1 fully saturated rings. The molecule has 0 aliphatic carbocycles. The van der Waals surface area contributed by atoms with Crippen molar-refractivity contribution >= 4 is 11.9 Å². The molecule has 1 aliphatic heterocycles. The first-order valence-corrected chi connectivity index (χ1v) is 6.91. The first-order valence-electron chi connectivity index (χ1n) is 6.91. The van der Waals surface area contributed by atoms with Gasteiger partial charge in [0.25, 0.3) is 0 Å². The second-order valence-corrected chi connectivity index (χ2v) is 4.69. The Morgan fingerprint density at radius 2 is 2.20 bits per heavy atom. The summed E-state index contributed by atoms with van der Waals surface area (Å²) < 4.78 is 10.1. The van der Waals surface area contributed by atoms with Crippen molar-refractivity contribution < 1.29 is 14.3 Å². The van der Waals surface area contributed by atoms with Gasteiger partial charge in [-0.2, -0.15) is 0 Å². The van der Waals surface area contributed by atoms with E-state index in [-0.39, 0.29) is 6.09 Å². The average Bonchev–Trinajstić information content (AvgIpc) is 2.49. The van der Waals surface area contributed by atoms with Crippen LogP contribution in [-0.2, 0) is 4.74 Å². The number of carbonyl (C=O) groups excluding carboxylic acids is 1. The third kappa shape index (κ3) is 3.76. The Labute approximate surface area is 119 Å². The molecule has 1 amide bonds. The molecule has 0 aromatic carbocycles. The van der Waals surface area contributed by atoms with Crippen molar-refractivity contribution in [1.29, 1.82) is 0 Å². The SMILES string of the molecule is CCOC(=O)N1CCC(Nc2ccc(OC)cn2)CC1. The number of hydrogen-bond donors (Lipinski definition) is 1. The third-order valence-electron chi connectivity index (χ3n) is 3.35. The van der Waals surface area contributed by atoms with E-state index in [4.69, 9.17) is 9.47 Å². The number of methoxy groups -OCH3 is 1. The summed E-state index contributed by atoms with van der Waals surface area (Å²) in [4.78, 5) is 17.6. The molecular formula is C14H21N3O3. The predicted molar refractivity (Wildman–Crippen MR) is 76.0 cm³/mol. The van der Waals surface area contributed by atoms with Gasteiger partial charge >= 0.3 is 6.09 Å². The van der Waals surface area contributed by atoms with Crippen molar-refractivity contribution in [2.24, 2.45) is 0 Å². The molecule has 0 atom stereocenters. The first-order chi connectivity index (χ1) is 9.72. The Hall–Kier alpha value is -1.98. The average molecular weight is 279 g/mol. The fraction of sp³-hybridized carbons (Fsp3) is 0.571. The Kier molecular flexibility index (Phi) is 5.03. The van der Waals surface area contributed by atoms with Crippen LogP contribution >= 0.6 is 0 Å². The minimum atomic E-state index is -0.214. The van der Waals surface area contributed by atoms with Gasteiger partial charge in [-0.1, -0.05) is 0 Å². The number of anilines is 1. The highest BCUT2D eigenvalue weighted by molar-refractivity contribution is 5.67. The lowest BCUT2D eigenvalue weighted by Crippen LogP contribution is -2.42. The highest BCUT2D eigenvalue weighted by atomic mass is 16.6. The van der Waals surface area contributed by atoms with E-state index in [0.717, 1.165) is 24.4 Å². The molecule has 6 heteroatoms. The highest BCUT2D eigenvalue weighted by Crippen LogP contribution is 2.17. The minimum absolute atomic E-state index is 0.214. The smallest absolute Gasteiger partial charge is 0.409 e. The molecule has 6 nitrogen and oxygen atoms in total. The number of piperidine rings is 1. The van der Waals surface area contributed by atoms with E-state index in [1.165, 1.54) is 0 Å². The van der Waals surface area contributed by atoms with E-state index in [9.17, 15) is 4.79 Å². The molecule has 1 aromatic rings. The molecule has 1 N–H and O–H groups in total. The summed E-state index contributed by atoms with van der Waals surface area (Å²) in [7, 11) is 1.62. The Morgan fingerprint density at radius 3 is 2.75 bits per heavy atom. The molecule has 1 aromatic heterocycles. The summed E-state index contributed by atoms with van der Waals surface area (Å²) in [5.41, 5.74) is 0. The lowest BCUT2D eigenvalue weighted by atomic mass is 10.1. The lowest BCUT2D eigenvalue weighted by Gasteiger charge is -2.31. The second-order valence-electron chi connectivity index (χ2n) is 4.69. The van der Waals surface area contributed by atoms with E-state index in [0.29, 0.717) is 25.7 Å². The third-order valence-corrected chi connectivity index (χ3v) is 3.35. The summed E-state index contributed by atoms with van der Waals surface area (Å²) in [5.74, 6) is 1.58. The van der Waals surface area contributed by atoms with Crippen LogP contribution in [-0.4, -0.2) is 48.8 Å². The Morgan fingerprint density at radius 1 is 1.45 bits per heavy atom. The summed E-state index contributed by atoms with van der Waals surface area (Å²) >= 11 is 0. The molecule has 0 spiro atoms. The number of ether oxygens (including phenoxy) is 2. The van der Waals surface area contributed by atoms with Gasteiger partial charge < -0.3 is 19.7 Å². The topological polar surface area (TPSA) is 63.7 Å². The van der Waals surface area contributed by atoms with E-state index >= 15 is 0 Å². The van der Waals surface area contributed by atoms with Crippen LogP contribution < -0.4 is 10.1 Å². The molecular weight excluding hydrogens is 258 g/mol. The quantitative estimate of drug-likeness (QED) is 0.914. The first kappa shape index (κ1) is 14.4. The summed E-state index contributed by atoms with van der Waals surface area (Å²) in [6, 6.07) is 4.11. The van der Waals surface area contributed by atoms with Gasteiger partial charge in [0.1, 0.15) is 11.6 Å². The zero-order valence-corrected chi connectivity index (χ0v) is 12.0. The summed E-state index contributed by atoms with van der Waals surface area (Å²) in [6.07, 6.45) is 3.27. The normalized spacial score (nSPS) is 15.8. The summed E-state index contributed by atoms with van der Waals surface area (Å²) in [6.45, 7) is 3.67. The molecule has 1 aliphatic rings. The molecule has 0 radical (unpaired) electrons. The van der Waals surface area contributed by atoms with Crippen LogP contribution in [0.15, 0.2) is 18.3 Å². The molecule has 0 bridgehead atoms. The number of aromatic nitrogens is 1. The van der Waals surface area contributed by atoms with Crippen LogP contribution in [0, 0.1) is 0 Å². The minimum Gasteiger partial charge on any atom is -0.495 e. The number of likely N-dealkylation sites (tertiary alicyclic amines) is 1. The number of carbonyl (C=O) groups is 1. The number of hydrogen-bond acceptors (Lipinski definition) is 5. The van der Waals surface area contributed by atoms with Gasteiger partial charge in [0.05, 0.1) is 19.9 Å². The molecule has 2 rings (SSSR count). The van der Waals surface area contributed by atoms with Gasteiger partial charge in [-0.15, -0.1) is 0 Å². The van der Waals surface area contributed by atoms with Crippen LogP contribution in [0.5, 0.6) is 5.75 Å². The Balaban J connectivity index is 1.80. The number of rotatable bonds is 4. The fourth-order valence-corrected chi connectivity index (χ4v) is 2.22. The van der Waals surface area contributed by atoms with Gasteiger partial charge in [-0.05, 0) is 31.9 Å². The van der Waals surface area contributed by atoms with Crippen LogP contribution in [0.25, 0.3) is 0 Å². The maximum Gasteiger partial charge on any atom is 0.409 e. The van der Waals surface area contributed by atoms with Crippen LogP contribution in [0.3, 0.4) is 0 Å². The van der Waals surface area contributed by atoms with Gasteiger partial charge in [0.2, 0.25) is 0 Å². The monoisotopic (exact) mass is 279 g/mol. The van der Waals surface area contributed by atoms with E-state index < -0.39 is 0 Å². The van der Waals surface area contributed by atoms with Crippen molar-refractivity contribution in [3.63, 3.8) is 0 Å². The van der Waals surface area contributed by atoms with Crippen molar-refractivity contribution in [2.45, 2.75) is 25.8 Å². The molecule has 2 heterocycles. The fourth-order valence-electron chi connectivity index (χ4n) is 2.22. The lowest BCUT2D eigenvalue weighted by molar-refractivity contribution is 0.0983. The predicted octanol–water partition coefficient (Wildman–Crippen LogP) is 2.12. The number of nitrogens with zero attached hydrogens (tertiary/aromatic N) is 2. The molecule has 1 saturated heterocycles. The molecule has 20 heavy (non-hydrogen) atoms. The summed E-state index contributed by atoms with van der Waals surface area (Å²) in [5, 5.41) is 3.38. The van der Waals surface area contributed by atoms with Crippen LogP contribution in [0.2, 0.25) is 0 Å². The van der Waals surface area contributed by atoms with Crippen molar-refractivity contribution in [3.05, 3.63) is 18.3 Å². The molecule has 0 unspecified atom stereocenters. The highest BCUT2D eigenvalue weighted by Gasteiger charge is 2.23. The molecule has 110 valence electrons. The zero-order valence-electron chi connectivity index (χ0n) is 12.0. The molecule has 0 saturated carbocycles. The van der Waals surface area contributed by atoms with E-state index in [1.807, 2.05) is 19.1 Å². The van der Waals surface area contributed by atoms with Gasteiger partial charge in [0.15, 0.2) is 0 Å². The van der Waals surface area contributed by atoms with Crippen molar-refractivity contribution in [2.75, 3.05) is 32.1 Å². The second kappa shape index (κ2) is 6.98. The van der Waals surface area contributed by atoms with E-state index in [2.05, 4.69) is 10.3 Å². The Bertz CT molecular complexity index is 428. The largest absolute Gasteiger partial charge is 0.495 e. The maximum atomic E-state index is 11.6. The van der Waals surface area contributed by atoms with Gasteiger partial charge in [-0.3, -0.25) is 0 Å². The standard InChI is InChI=1S/C14H21N3O3/c1-3-20-14(18)17-8-6-11(7-9-17)16-13-5-4-12(19-2)10-15-13/h4-5,10-11H,3,6-9H2,1-2H3,(H,15,16). The van der Waals surface area contributed by atoms with Crippen LogP contribution in [0.1, 0.15) is 19.8 Å². The number of pyridine rings is 1. The zero-order chi connectivity index (χ0) is 14.4. The van der Waals surface area contributed by atoms with Gasteiger partial charge in [-0.25, -0.2) is 9.78 Å². The maximum absolute atomic E-state index is 11.6. The van der Waals surface area contributed by atoms with Crippen LogP contribution in [0.4, 0.5) is 10.6 Å².